The fraction of sp³-hybridized carbons (Fsp3) is 0.174. The molecule has 0 radical (unpaired) electrons. The highest BCUT2D eigenvalue weighted by Gasteiger charge is 2.21. The van der Waals surface area contributed by atoms with Gasteiger partial charge in [-0.05, 0) is 36.2 Å². The van der Waals surface area contributed by atoms with Crippen molar-refractivity contribution in [1.29, 1.82) is 0 Å². The largest absolute Gasteiger partial charge is 0.497 e. The molecule has 0 fully saturated rings. The lowest BCUT2D eigenvalue weighted by Crippen LogP contribution is -2.22. The number of aromatic amines is 1. The molecule has 0 aliphatic carbocycles. The predicted octanol–water partition coefficient (Wildman–Crippen LogP) is 3.56. The fourth-order valence-corrected chi connectivity index (χ4v) is 3.39. The summed E-state index contributed by atoms with van der Waals surface area (Å²) in [4.78, 5) is 40.2. The number of carbonyl (C=O) groups is 2. The Kier molecular flexibility index (Phi) is 5.55. The number of nitrogens with two attached hydrogens (primary N) is 1. The van der Waals surface area contributed by atoms with E-state index in [1.807, 2.05) is 38.1 Å². The van der Waals surface area contributed by atoms with E-state index in [0.717, 1.165) is 16.9 Å². The van der Waals surface area contributed by atoms with E-state index in [2.05, 4.69) is 20.3 Å². The molecule has 0 saturated heterocycles. The van der Waals surface area contributed by atoms with Crippen molar-refractivity contribution < 1.29 is 14.3 Å². The van der Waals surface area contributed by atoms with E-state index in [1.165, 1.54) is 6.20 Å². The number of anilines is 2. The number of rotatable bonds is 7. The standard InChI is InChI=1S/C23H22N6O3/c1-12(2)15-10-26-21(13-4-6-14(32-3)7-5-13)29-22(15)28-17-8-9-25-23-18(17)16(11-27-23)19(30)20(24)31/h4-12H,1-3H3,(H2,24,31)(H2,25,26,27,28,29). The molecular formula is C23H22N6O3. The van der Waals surface area contributed by atoms with E-state index >= 15 is 0 Å². The Morgan fingerprint density at radius 1 is 1.12 bits per heavy atom. The Balaban J connectivity index is 1.81. The number of carbonyl (C=O) groups excluding carboxylic acids is 2. The van der Waals surface area contributed by atoms with E-state index in [-0.39, 0.29) is 11.5 Å². The van der Waals surface area contributed by atoms with Crippen molar-refractivity contribution in [2.75, 3.05) is 12.4 Å². The number of hydrogen-bond donors (Lipinski definition) is 3. The second kappa shape index (κ2) is 8.46. The summed E-state index contributed by atoms with van der Waals surface area (Å²) in [5.41, 5.74) is 8.12. The smallest absolute Gasteiger partial charge is 0.289 e. The van der Waals surface area contributed by atoms with E-state index in [4.69, 9.17) is 15.5 Å². The molecule has 9 heteroatoms. The maximum Gasteiger partial charge on any atom is 0.289 e. The number of methoxy groups -OCH3 is 1. The molecule has 0 spiro atoms. The molecule has 0 aliphatic heterocycles. The van der Waals surface area contributed by atoms with Gasteiger partial charge < -0.3 is 20.8 Å². The van der Waals surface area contributed by atoms with Crippen molar-refractivity contribution in [2.24, 2.45) is 5.73 Å². The molecule has 3 heterocycles. The summed E-state index contributed by atoms with van der Waals surface area (Å²) < 4.78 is 5.22. The minimum Gasteiger partial charge on any atom is -0.497 e. The van der Waals surface area contributed by atoms with Crippen molar-refractivity contribution >= 4 is 34.2 Å². The number of H-pyrrole nitrogens is 1. The van der Waals surface area contributed by atoms with Gasteiger partial charge in [0.2, 0.25) is 0 Å². The molecule has 4 aromatic rings. The van der Waals surface area contributed by atoms with Gasteiger partial charge in [0.15, 0.2) is 5.82 Å². The molecule has 32 heavy (non-hydrogen) atoms. The molecule has 0 unspecified atom stereocenters. The average Bonchev–Trinajstić information content (AvgIpc) is 3.23. The molecule has 162 valence electrons. The zero-order chi connectivity index (χ0) is 22.8. The molecule has 0 bridgehead atoms. The number of primary amides is 1. The first-order chi connectivity index (χ1) is 15.4. The first-order valence-electron chi connectivity index (χ1n) is 9.97. The topological polar surface area (TPSA) is 136 Å². The molecule has 4 N–H and O–H groups in total. The van der Waals surface area contributed by atoms with Gasteiger partial charge in [-0.25, -0.2) is 15.0 Å². The number of aromatic nitrogens is 4. The third-order valence-corrected chi connectivity index (χ3v) is 5.08. The number of hydrogen-bond acceptors (Lipinski definition) is 7. The quantitative estimate of drug-likeness (QED) is 0.301. The third-order valence-electron chi connectivity index (χ3n) is 5.08. The highest BCUT2D eigenvalue weighted by molar-refractivity contribution is 6.44. The summed E-state index contributed by atoms with van der Waals surface area (Å²) in [6.07, 6.45) is 4.81. The van der Waals surface area contributed by atoms with E-state index in [0.29, 0.717) is 28.4 Å². The number of nitrogens with one attached hydrogen (secondary N) is 2. The minimum atomic E-state index is -1.03. The van der Waals surface area contributed by atoms with Crippen molar-refractivity contribution in [3.05, 3.63) is 60.0 Å². The Hall–Kier alpha value is -4.27. The highest BCUT2D eigenvalue weighted by Crippen LogP contribution is 2.32. The van der Waals surface area contributed by atoms with Gasteiger partial charge in [-0.1, -0.05) is 13.8 Å². The zero-order valence-electron chi connectivity index (χ0n) is 17.8. The number of amides is 1. The van der Waals surface area contributed by atoms with Crippen LogP contribution in [0.1, 0.15) is 35.7 Å². The molecule has 0 atom stereocenters. The Labute approximate surface area is 184 Å². The fourth-order valence-electron chi connectivity index (χ4n) is 3.39. The third kappa shape index (κ3) is 3.87. The molecule has 9 nitrogen and oxygen atoms in total. The van der Waals surface area contributed by atoms with Crippen LogP contribution in [0.3, 0.4) is 0 Å². The van der Waals surface area contributed by atoms with Crippen LogP contribution >= 0.6 is 0 Å². The van der Waals surface area contributed by atoms with E-state index in [1.54, 1.807) is 25.6 Å². The van der Waals surface area contributed by atoms with Gasteiger partial charge in [0, 0.05) is 29.7 Å². The zero-order valence-corrected chi connectivity index (χ0v) is 17.8. The van der Waals surface area contributed by atoms with Crippen LogP contribution in [0, 0.1) is 0 Å². The SMILES string of the molecule is COc1ccc(-c2ncc(C(C)C)c(Nc3ccnc4[nH]cc(C(=O)C(N)=O)c34)n2)cc1. The summed E-state index contributed by atoms with van der Waals surface area (Å²) in [6, 6.07) is 9.17. The maximum atomic E-state index is 12.3. The molecule has 0 saturated carbocycles. The van der Waals surface area contributed by atoms with Crippen LogP contribution in [0.15, 0.2) is 48.9 Å². The number of pyridine rings is 1. The van der Waals surface area contributed by atoms with Gasteiger partial charge in [-0.15, -0.1) is 0 Å². The van der Waals surface area contributed by atoms with Gasteiger partial charge in [0.25, 0.3) is 11.7 Å². The van der Waals surface area contributed by atoms with Gasteiger partial charge >= 0.3 is 0 Å². The Morgan fingerprint density at radius 3 is 2.53 bits per heavy atom. The van der Waals surface area contributed by atoms with Gasteiger partial charge in [-0.3, -0.25) is 9.59 Å². The molecule has 0 aliphatic rings. The first kappa shape index (κ1) is 21.0. The summed E-state index contributed by atoms with van der Waals surface area (Å²) >= 11 is 0. The number of ether oxygens (including phenoxy) is 1. The number of benzene rings is 1. The van der Waals surface area contributed by atoms with Crippen molar-refractivity contribution in [3.8, 4) is 17.1 Å². The summed E-state index contributed by atoms with van der Waals surface area (Å²) in [5, 5.41) is 3.78. The number of ketones is 1. The van der Waals surface area contributed by atoms with Crippen LogP contribution in [-0.2, 0) is 4.79 Å². The Morgan fingerprint density at radius 2 is 1.88 bits per heavy atom. The van der Waals surface area contributed by atoms with Crippen LogP contribution in [0.2, 0.25) is 0 Å². The van der Waals surface area contributed by atoms with Crippen LogP contribution < -0.4 is 15.8 Å². The van der Waals surface area contributed by atoms with Crippen LogP contribution in [0.25, 0.3) is 22.4 Å². The number of fused-ring (bicyclic) bond motifs is 1. The predicted molar refractivity (Wildman–Crippen MR) is 121 cm³/mol. The molecular weight excluding hydrogens is 408 g/mol. The highest BCUT2D eigenvalue weighted by atomic mass is 16.5. The lowest BCUT2D eigenvalue weighted by atomic mass is 10.0. The number of nitrogens with zero attached hydrogens (tertiary/aromatic N) is 3. The van der Waals surface area contributed by atoms with Crippen LogP contribution in [0.4, 0.5) is 11.5 Å². The summed E-state index contributed by atoms with van der Waals surface area (Å²) in [5.74, 6) is 0.173. The molecule has 4 rings (SSSR count). The second-order valence-electron chi connectivity index (χ2n) is 7.48. The van der Waals surface area contributed by atoms with Crippen LogP contribution in [0.5, 0.6) is 5.75 Å². The lowest BCUT2D eigenvalue weighted by Gasteiger charge is -2.15. The van der Waals surface area contributed by atoms with Gasteiger partial charge in [0.1, 0.15) is 17.2 Å². The molecule has 1 aromatic carbocycles. The first-order valence-corrected chi connectivity index (χ1v) is 9.97. The lowest BCUT2D eigenvalue weighted by molar-refractivity contribution is -0.114. The van der Waals surface area contributed by atoms with Crippen molar-refractivity contribution in [3.63, 3.8) is 0 Å². The monoisotopic (exact) mass is 430 g/mol. The number of Topliss-reactive ketones (excluding diaryl/α,β-unsaturated/α-hetero) is 1. The van der Waals surface area contributed by atoms with Gasteiger partial charge in [-0.2, -0.15) is 0 Å². The van der Waals surface area contributed by atoms with E-state index in [9.17, 15) is 9.59 Å². The minimum absolute atomic E-state index is 0.137. The van der Waals surface area contributed by atoms with Gasteiger partial charge in [0.05, 0.1) is 23.7 Å². The second-order valence-corrected chi connectivity index (χ2v) is 7.48. The summed E-state index contributed by atoms with van der Waals surface area (Å²) in [7, 11) is 1.61. The van der Waals surface area contributed by atoms with Crippen molar-refractivity contribution in [2.45, 2.75) is 19.8 Å². The van der Waals surface area contributed by atoms with Crippen molar-refractivity contribution in [1.82, 2.24) is 19.9 Å². The molecule has 1 amide bonds. The Bertz CT molecular complexity index is 1310. The van der Waals surface area contributed by atoms with E-state index < -0.39 is 11.7 Å². The molecule has 3 aromatic heterocycles. The van der Waals surface area contributed by atoms with Crippen LogP contribution in [-0.4, -0.2) is 38.7 Å². The average molecular weight is 430 g/mol. The normalized spacial score (nSPS) is 11.0. The maximum absolute atomic E-state index is 12.3. The summed E-state index contributed by atoms with van der Waals surface area (Å²) in [6.45, 7) is 4.08.